The van der Waals surface area contributed by atoms with Crippen LogP contribution in [0.1, 0.15) is 17.3 Å². The van der Waals surface area contributed by atoms with Crippen LogP contribution in [0.25, 0.3) is 0 Å². The Labute approximate surface area is 109 Å². The predicted octanol–water partition coefficient (Wildman–Crippen LogP) is 1.48. The number of carbonyl (C=O) groups excluding carboxylic acids is 2. The number of aliphatic carboxylic acids is 1. The summed E-state index contributed by atoms with van der Waals surface area (Å²) in [7, 11) is 1.42. The van der Waals surface area contributed by atoms with Gasteiger partial charge in [0.1, 0.15) is 5.75 Å². The van der Waals surface area contributed by atoms with Gasteiger partial charge < -0.3 is 15.2 Å². The van der Waals surface area contributed by atoms with Crippen LogP contribution in [-0.4, -0.2) is 29.9 Å². The molecule has 0 saturated heterocycles. The topological polar surface area (TPSA) is 92.7 Å². The molecule has 0 aliphatic heterocycles. The number of hydrogen-bond donors (Lipinski definition) is 2. The molecule has 0 aromatic heterocycles. The molecule has 0 aliphatic rings. The smallest absolute Gasteiger partial charge is 0.328 e. The van der Waals surface area contributed by atoms with Crippen LogP contribution in [-0.2, 0) is 9.59 Å². The monoisotopic (exact) mass is 263 g/mol. The first kappa shape index (κ1) is 14.4. The molecule has 1 aromatic rings. The van der Waals surface area contributed by atoms with Crippen molar-refractivity contribution in [2.75, 3.05) is 12.4 Å². The van der Waals surface area contributed by atoms with E-state index in [0.29, 0.717) is 17.0 Å². The molecule has 0 bridgehead atoms. The minimum absolute atomic E-state index is 0.153. The Hall–Kier alpha value is -2.63. The number of ketones is 1. The van der Waals surface area contributed by atoms with E-state index >= 15 is 0 Å². The summed E-state index contributed by atoms with van der Waals surface area (Å²) in [5, 5.41) is 10.9. The van der Waals surface area contributed by atoms with Gasteiger partial charge in [0.25, 0.3) is 0 Å². The van der Waals surface area contributed by atoms with Crippen LogP contribution in [0, 0.1) is 0 Å². The number of methoxy groups -OCH3 is 1. The molecular weight excluding hydrogens is 250 g/mol. The number of ether oxygens (including phenoxy) is 1. The molecule has 100 valence electrons. The fourth-order valence-corrected chi connectivity index (χ4v) is 1.35. The lowest BCUT2D eigenvalue weighted by atomic mass is 10.1. The Morgan fingerprint density at radius 1 is 1.26 bits per heavy atom. The lowest BCUT2D eigenvalue weighted by Gasteiger charge is -2.09. The van der Waals surface area contributed by atoms with Crippen molar-refractivity contribution in [2.24, 2.45) is 0 Å². The molecule has 1 aromatic carbocycles. The van der Waals surface area contributed by atoms with Crippen LogP contribution in [0.3, 0.4) is 0 Å². The first-order valence-corrected chi connectivity index (χ1v) is 5.35. The highest BCUT2D eigenvalue weighted by Gasteiger charge is 2.09. The third kappa shape index (κ3) is 4.27. The summed E-state index contributed by atoms with van der Waals surface area (Å²) >= 11 is 0. The molecule has 0 radical (unpaired) electrons. The molecule has 0 fully saturated rings. The Morgan fingerprint density at radius 3 is 2.47 bits per heavy atom. The van der Waals surface area contributed by atoms with Gasteiger partial charge in [-0.05, 0) is 25.1 Å². The summed E-state index contributed by atoms with van der Waals surface area (Å²) in [6, 6.07) is 4.59. The normalized spacial score (nSPS) is 10.2. The van der Waals surface area contributed by atoms with Gasteiger partial charge in [0.05, 0.1) is 12.8 Å². The van der Waals surface area contributed by atoms with Gasteiger partial charge in [0.15, 0.2) is 5.78 Å². The Bertz CT molecular complexity index is 548. The number of carboxylic acids is 1. The molecule has 0 spiro atoms. The van der Waals surface area contributed by atoms with E-state index in [-0.39, 0.29) is 5.78 Å². The van der Waals surface area contributed by atoms with Crippen molar-refractivity contribution in [1.82, 2.24) is 0 Å². The quantitative estimate of drug-likeness (QED) is 0.620. The highest BCUT2D eigenvalue weighted by atomic mass is 16.5. The molecule has 6 heteroatoms. The summed E-state index contributed by atoms with van der Waals surface area (Å²) < 4.78 is 5.04. The first-order valence-electron chi connectivity index (χ1n) is 5.35. The van der Waals surface area contributed by atoms with Crippen molar-refractivity contribution < 1.29 is 24.2 Å². The Morgan fingerprint density at radius 2 is 1.95 bits per heavy atom. The van der Waals surface area contributed by atoms with Crippen LogP contribution in [0.4, 0.5) is 5.69 Å². The average Bonchev–Trinajstić information content (AvgIpc) is 2.36. The van der Waals surface area contributed by atoms with Gasteiger partial charge in [-0.1, -0.05) is 0 Å². The Kier molecular flexibility index (Phi) is 4.82. The zero-order chi connectivity index (χ0) is 14.4. The summed E-state index contributed by atoms with van der Waals surface area (Å²) in [5.74, 6) is -1.62. The van der Waals surface area contributed by atoms with E-state index in [1.54, 1.807) is 12.1 Å². The van der Waals surface area contributed by atoms with Crippen molar-refractivity contribution in [3.05, 3.63) is 35.9 Å². The van der Waals surface area contributed by atoms with Gasteiger partial charge in [0, 0.05) is 17.7 Å². The number of benzene rings is 1. The maximum atomic E-state index is 11.5. The second kappa shape index (κ2) is 6.34. The standard InChI is InChI=1S/C13H13NO5/c1-8(15)9-3-4-11(19-2)10(7-9)14-12(16)5-6-13(17)18/h3-7H,1-2H3,(H,14,16)(H,17,18). The lowest BCUT2D eigenvalue weighted by Crippen LogP contribution is -2.10. The number of carboxylic acid groups (broad SMARTS) is 1. The zero-order valence-electron chi connectivity index (χ0n) is 10.5. The third-order valence-corrected chi connectivity index (χ3v) is 2.24. The highest BCUT2D eigenvalue weighted by molar-refractivity contribution is 6.04. The lowest BCUT2D eigenvalue weighted by molar-refractivity contribution is -0.131. The van der Waals surface area contributed by atoms with E-state index in [1.165, 1.54) is 20.1 Å². The largest absolute Gasteiger partial charge is 0.495 e. The molecule has 6 nitrogen and oxygen atoms in total. The van der Waals surface area contributed by atoms with Gasteiger partial charge in [-0.2, -0.15) is 0 Å². The van der Waals surface area contributed by atoms with Gasteiger partial charge in [-0.25, -0.2) is 4.79 Å². The van der Waals surface area contributed by atoms with Gasteiger partial charge in [0.2, 0.25) is 5.91 Å². The molecule has 1 rings (SSSR count). The SMILES string of the molecule is COc1ccc(C(C)=O)cc1NC(=O)C=CC(=O)O. The number of nitrogens with one attached hydrogen (secondary N) is 1. The molecule has 0 unspecified atom stereocenters. The van der Waals surface area contributed by atoms with E-state index in [2.05, 4.69) is 5.32 Å². The van der Waals surface area contributed by atoms with Crippen molar-refractivity contribution in [1.29, 1.82) is 0 Å². The number of carbonyl (C=O) groups is 3. The maximum absolute atomic E-state index is 11.5. The molecule has 0 atom stereocenters. The number of rotatable bonds is 5. The molecule has 2 N–H and O–H groups in total. The Balaban J connectivity index is 2.98. The van der Waals surface area contributed by atoms with Gasteiger partial charge in [-0.15, -0.1) is 0 Å². The van der Waals surface area contributed by atoms with Crippen molar-refractivity contribution in [2.45, 2.75) is 6.92 Å². The zero-order valence-corrected chi connectivity index (χ0v) is 10.5. The van der Waals surface area contributed by atoms with Crippen LogP contribution >= 0.6 is 0 Å². The van der Waals surface area contributed by atoms with Gasteiger partial charge in [-0.3, -0.25) is 9.59 Å². The van der Waals surface area contributed by atoms with Crippen LogP contribution in [0.5, 0.6) is 5.75 Å². The van der Waals surface area contributed by atoms with E-state index < -0.39 is 11.9 Å². The van der Waals surface area contributed by atoms with E-state index in [9.17, 15) is 14.4 Å². The van der Waals surface area contributed by atoms with Crippen molar-refractivity contribution in [3.8, 4) is 5.75 Å². The molecule has 19 heavy (non-hydrogen) atoms. The number of Topliss-reactive ketones (excluding diaryl/α,β-unsaturated/α-hetero) is 1. The minimum atomic E-state index is -1.22. The fourth-order valence-electron chi connectivity index (χ4n) is 1.35. The van der Waals surface area contributed by atoms with Crippen LogP contribution in [0.2, 0.25) is 0 Å². The first-order chi connectivity index (χ1) is 8.93. The van der Waals surface area contributed by atoms with E-state index in [1.807, 2.05) is 0 Å². The number of anilines is 1. The van der Waals surface area contributed by atoms with Crippen LogP contribution < -0.4 is 10.1 Å². The summed E-state index contributed by atoms with van der Waals surface area (Å²) in [6.45, 7) is 1.40. The van der Waals surface area contributed by atoms with Gasteiger partial charge >= 0.3 is 5.97 Å². The fraction of sp³-hybridized carbons (Fsp3) is 0.154. The minimum Gasteiger partial charge on any atom is -0.495 e. The molecule has 1 amide bonds. The number of amides is 1. The van der Waals surface area contributed by atoms with E-state index in [4.69, 9.17) is 9.84 Å². The maximum Gasteiger partial charge on any atom is 0.328 e. The summed E-state index contributed by atoms with van der Waals surface area (Å²) in [6.07, 6.45) is 1.60. The number of hydrogen-bond acceptors (Lipinski definition) is 4. The van der Waals surface area contributed by atoms with Crippen molar-refractivity contribution >= 4 is 23.3 Å². The molecule has 0 aliphatic carbocycles. The summed E-state index contributed by atoms with van der Waals surface area (Å²) in [5.41, 5.74) is 0.716. The molecule has 0 saturated carbocycles. The average molecular weight is 263 g/mol. The second-order valence-electron chi connectivity index (χ2n) is 3.63. The van der Waals surface area contributed by atoms with E-state index in [0.717, 1.165) is 12.2 Å². The van der Waals surface area contributed by atoms with Crippen molar-refractivity contribution in [3.63, 3.8) is 0 Å². The summed E-state index contributed by atoms with van der Waals surface area (Å²) in [4.78, 5) is 33.0. The third-order valence-electron chi connectivity index (χ3n) is 2.24. The predicted molar refractivity (Wildman–Crippen MR) is 68.4 cm³/mol. The molecule has 0 heterocycles. The van der Waals surface area contributed by atoms with Crippen LogP contribution in [0.15, 0.2) is 30.4 Å². The molecular formula is C13H13NO5. The highest BCUT2D eigenvalue weighted by Crippen LogP contribution is 2.25. The second-order valence-corrected chi connectivity index (χ2v) is 3.63.